The largest absolute Gasteiger partial charge is 0.467 e. The predicted octanol–water partition coefficient (Wildman–Crippen LogP) is 2.33. The average Bonchev–Trinajstić information content (AvgIpc) is 2.66. The molecule has 1 aromatic heterocycles. The molecule has 0 fully saturated rings. The molecule has 0 saturated heterocycles. The summed E-state index contributed by atoms with van der Waals surface area (Å²) >= 11 is 0. The van der Waals surface area contributed by atoms with Gasteiger partial charge >= 0.3 is 0 Å². The average molecular weight is 195 g/mol. The molecule has 14 heavy (non-hydrogen) atoms. The second-order valence-corrected chi connectivity index (χ2v) is 4.00. The minimum absolute atomic E-state index is 0.0661. The number of furan rings is 1. The summed E-state index contributed by atoms with van der Waals surface area (Å²) in [6.45, 7) is 6.34. The van der Waals surface area contributed by atoms with E-state index in [4.69, 9.17) is 4.42 Å². The summed E-state index contributed by atoms with van der Waals surface area (Å²) in [5.74, 6) is 0.849. The minimum atomic E-state index is -0.299. The fraction of sp³-hybridized carbons (Fsp3) is 0.545. The molecule has 3 nitrogen and oxygen atoms in total. The van der Waals surface area contributed by atoms with Crippen molar-refractivity contribution in [1.82, 2.24) is 5.32 Å². The number of carbonyl (C=O) groups excluding carboxylic acids is 1. The lowest BCUT2D eigenvalue weighted by Crippen LogP contribution is -2.35. The molecular formula is C11H17NO2. The first-order valence-corrected chi connectivity index (χ1v) is 4.87. The topological polar surface area (TPSA) is 42.2 Å². The molecule has 0 aromatic carbocycles. The molecule has 1 aromatic rings. The molecule has 0 radical (unpaired) electrons. The second-order valence-electron chi connectivity index (χ2n) is 4.00. The molecule has 1 amide bonds. The van der Waals surface area contributed by atoms with Crippen LogP contribution in [0.25, 0.3) is 0 Å². The lowest BCUT2D eigenvalue weighted by Gasteiger charge is -2.20. The fourth-order valence-electron chi connectivity index (χ4n) is 0.980. The summed E-state index contributed by atoms with van der Waals surface area (Å²) < 4.78 is 5.12. The number of carbonyl (C=O) groups is 1. The molecule has 1 N–H and O–H groups in total. The minimum Gasteiger partial charge on any atom is -0.467 e. The first kappa shape index (κ1) is 10.8. The van der Waals surface area contributed by atoms with Crippen molar-refractivity contribution >= 4 is 5.91 Å². The quantitative estimate of drug-likeness (QED) is 0.801. The van der Waals surface area contributed by atoms with Crippen LogP contribution >= 0.6 is 0 Å². The molecule has 0 saturated carbocycles. The van der Waals surface area contributed by atoms with E-state index in [1.165, 1.54) is 0 Å². The summed E-state index contributed by atoms with van der Waals surface area (Å²) in [4.78, 5) is 11.6. The van der Waals surface area contributed by atoms with Crippen LogP contribution < -0.4 is 5.32 Å². The van der Waals surface area contributed by atoms with Gasteiger partial charge in [-0.2, -0.15) is 0 Å². The molecule has 78 valence electrons. The van der Waals surface area contributed by atoms with E-state index in [9.17, 15) is 4.79 Å². The van der Waals surface area contributed by atoms with Crippen molar-refractivity contribution in [3.63, 3.8) is 0 Å². The first-order chi connectivity index (χ1) is 6.56. The van der Waals surface area contributed by atoms with Gasteiger partial charge in [0.25, 0.3) is 0 Å². The summed E-state index contributed by atoms with van der Waals surface area (Å²) in [6.07, 6.45) is 2.43. The highest BCUT2D eigenvalue weighted by Gasteiger charge is 2.24. The highest BCUT2D eigenvalue weighted by atomic mass is 16.3. The Bertz CT molecular complexity index is 288. The van der Waals surface area contributed by atoms with E-state index >= 15 is 0 Å². The van der Waals surface area contributed by atoms with Crippen molar-refractivity contribution < 1.29 is 9.21 Å². The summed E-state index contributed by atoms with van der Waals surface area (Å²) in [7, 11) is 0. The zero-order valence-electron chi connectivity index (χ0n) is 8.96. The van der Waals surface area contributed by atoms with Gasteiger partial charge in [-0.1, -0.05) is 20.8 Å². The Morgan fingerprint density at radius 3 is 2.79 bits per heavy atom. The van der Waals surface area contributed by atoms with Gasteiger partial charge in [0, 0.05) is 5.41 Å². The standard InChI is InChI=1S/C11H17NO2/c1-4-11(2,3)10(13)12-8-9-6-5-7-14-9/h5-7H,4,8H2,1-3H3,(H,12,13). The number of hydrogen-bond acceptors (Lipinski definition) is 2. The molecular weight excluding hydrogens is 178 g/mol. The SMILES string of the molecule is CCC(C)(C)C(=O)NCc1ccco1. The van der Waals surface area contributed by atoms with Crippen LogP contribution in [0.4, 0.5) is 0 Å². The molecule has 0 bridgehead atoms. The number of rotatable bonds is 4. The Kier molecular flexibility index (Phi) is 3.33. The van der Waals surface area contributed by atoms with Crippen LogP contribution in [-0.2, 0) is 11.3 Å². The van der Waals surface area contributed by atoms with E-state index in [-0.39, 0.29) is 11.3 Å². The van der Waals surface area contributed by atoms with Crippen LogP contribution in [-0.4, -0.2) is 5.91 Å². The van der Waals surface area contributed by atoms with Crippen LogP contribution in [0.5, 0.6) is 0 Å². The maximum atomic E-state index is 11.6. The van der Waals surface area contributed by atoms with Crippen molar-refractivity contribution in [2.24, 2.45) is 5.41 Å². The van der Waals surface area contributed by atoms with Crippen LogP contribution in [0, 0.1) is 5.41 Å². The highest BCUT2D eigenvalue weighted by molar-refractivity contribution is 5.81. The second kappa shape index (κ2) is 4.31. The van der Waals surface area contributed by atoms with E-state index < -0.39 is 0 Å². The summed E-state index contributed by atoms with van der Waals surface area (Å²) in [6, 6.07) is 3.66. The Balaban J connectivity index is 2.43. The van der Waals surface area contributed by atoms with E-state index in [1.807, 2.05) is 32.9 Å². The Labute approximate surface area is 84.5 Å². The maximum absolute atomic E-state index is 11.6. The van der Waals surface area contributed by atoms with E-state index in [0.717, 1.165) is 12.2 Å². The number of hydrogen-bond donors (Lipinski definition) is 1. The molecule has 1 rings (SSSR count). The summed E-state index contributed by atoms with van der Waals surface area (Å²) in [5.41, 5.74) is -0.299. The van der Waals surface area contributed by atoms with Crippen molar-refractivity contribution in [3.8, 4) is 0 Å². The van der Waals surface area contributed by atoms with E-state index in [0.29, 0.717) is 6.54 Å². The molecule has 0 aliphatic rings. The molecule has 0 aliphatic carbocycles. The highest BCUT2D eigenvalue weighted by Crippen LogP contribution is 2.19. The molecule has 1 heterocycles. The molecule has 0 spiro atoms. The Morgan fingerprint density at radius 1 is 1.57 bits per heavy atom. The van der Waals surface area contributed by atoms with Gasteiger partial charge in [-0.25, -0.2) is 0 Å². The zero-order chi connectivity index (χ0) is 10.6. The Hall–Kier alpha value is -1.25. The van der Waals surface area contributed by atoms with Gasteiger partial charge in [-0.15, -0.1) is 0 Å². The first-order valence-electron chi connectivity index (χ1n) is 4.87. The normalized spacial score (nSPS) is 11.4. The monoisotopic (exact) mass is 195 g/mol. The van der Waals surface area contributed by atoms with Crippen LogP contribution in [0.2, 0.25) is 0 Å². The number of amides is 1. The van der Waals surface area contributed by atoms with Gasteiger partial charge in [-0.3, -0.25) is 4.79 Å². The van der Waals surface area contributed by atoms with Gasteiger partial charge in [0.15, 0.2) is 0 Å². The smallest absolute Gasteiger partial charge is 0.226 e. The molecule has 3 heteroatoms. The van der Waals surface area contributed by atoms with E-state index in [2.05, 4.69) is 5.32 Å². The summed E-state index contributed by atoms with van der Waals surface area (Å²) in [5, 5.41) is 2.84. The third-order valence-corrected chi connectivity index (χ3v) is 2.50. The third-order valence-electron chi connectivity index (χ3n) is 2.50. The number of nitrogens with one attached hydrogen (secondary N) is 1. The van der Waals surface area contributed by atoms with Gasteiger partial charge < -0.3 is 9.73 Å². The molecule has 0 atom stereocenters. The van der Waals surface area contributed by atoms with Crippen molar-refractivity contribution in [2.75, 3.05) is 0 Å². The van der Waals surface area contributed by atoms with Gasteiger partial charge in [0.05, 0.1) is 12.8 Å². The van der Waals surface area contributed by atoms with Crippen molar-refractivity contribution in [3.05, 3.63) is 24.2 Å². The zero-order valence-corrected chi connectivity index (χ0v) is 8.96. The Morgan fingerprint density at radius 2 is 2.29 bits per heavy atom. The van der Waals surface area contributed by atoms with Gasteiger partial charge in [-0.05, 0) is 18.6 Å². The van der Waals surface area contributed by atoms with Gasteiger partial charge in [0.1, 0.15) is 5.76 Å². The van der Waals surface area contributed by atoms with Crippen molar-refractivity contribution in [2.45, 2.75) is 33.7 Å². The van der Waals surface area contributed by atoms with Crippen LogP contribution in [0.3, 0.4) is 0 Å². The fourth-order valence-corrected chi connectivity index (χ4v) is 0.980. The van der Waals surface area contributed by atoms with Crippen molar-refractivity contribution in [1.29, 1.82) is 0 Å². The molecule has 0 unspecified atom stereocenters. The molecule has 0 aliphatic heterocycles. The van der Waals surface area contributed by atoms with Crippen LogP contribution in [0.1, 0.15) is 33.0 Å². The predicted molar refractivity (Wildman–Crippen MR) is 54.6 cm³/mol. The lowest BCUT2D eigenvalue weighted by molar-refractivity contribution is -0.129. The third kappa shape index (κ3) is 2.62. The lowest BCUT2D eigenvalue weighted by atomic mass is 9.89. The maximum Gasteiger partial charge on any atom is 0.226 e. The van der Waals surface area contributed by atoms with E-state index in [1.54, 1.807) is 6.26 Å². The van der Waals surface area contributed by atoms with Gasteiger partial charge in [0.2, 0.25) is 5.91 Å². The van der Waals surface area contributed by atoms with Crippen LogP contribution in [0.15, 0.2) is 22.8 Å².